The molecule has 0 aliphatic heterocycles. The van der Waals surface area contributed by atoms with Crippen molar-refractivity contribution in [3.05, 3.63) is 29.3 Å². The van der Waals surface area contributed by atoms with Gasteiger partial charge in [-0.1, -0.05) is 26.0 Å². The molecule has 4 nitrogen and oxygen atoms in total. The van der Waals surface area contributed by atoms with Gasteiger partial charge >= 0.3 is 5.97 Å². The first-order chi connectivity index (χ1) is 7.95. The molecule has 94 valence electrons. The number of aliphatic hydroxyl groups excluding tert-OH is 1. The molecular weight excluding hydrogens is 220 g/mol. The van der Waals surface area contributed by atoms with Crippen LogP contribution in [-0.2, 0) is 4.79 Å². The Hall–Kier alpha value is -1.55. The Morgan fingerprint density at radius 3 is 2.53 bits per heavy atom. The molecule has 0 spiro atoms. The van der Waals surface area contributed by atoms with Crippen molar-refractivity contribution in [3.63, 3.8) is 0 Å². The van der Waals surface area contributed by atoms with Crippen LogP contribution in [0.25, 0.3) is 0 Å². The second-order valence-electron chi connectivity index (χ2n) is 4.27. The van der Waals surface area contributed by atoms with E-state index in [1.54, 1.807) is 6.07 Å². The van der Waals surface area contributed by atoms with E-state index in [1.165, 1.54) is 7.11 Å². The Labute approximate surface area is 101 Å². The first-order valence-corrected chi connectivity index (χ1v) is 5.53. The molecule has 1 aromatic carbocycles. The number of aliphatic carboxylic acids is 1. The number of carbonyl (C=O) groups is 1. The molecule has 0 saturated heterocycles. The van der Waals surface area contributed by atoms with Crippen LogP contribution < -0.4 is 4.74 Å². The topological polar surface area (TPSA) is 66.8 Å². The fraction of sp³-hybridized carbons (Fsp3) is 0.462. The molecule has 0 bridgehead atoms. The normalized spacial score (nSPS) is 12.5. The maximum atomic E-state index is 10.6. The summed E-state index contributed by atoms with van der Waals surface area (Å²) in [5, 5.41) is 18.4. The van der Waals surface area contributed by atoms with Crippen LogP contribution >= 0.6 is 0 Å². The van der Waals surface area contributed by atoms with Gasteiger partial charge in [0.2, 0.25) is 0 Å². The highest BCUT2D eigenvalue weighted by Crippen LogP contribution is 2.30. The highest BCUT2D eigenvalue weighted by molar-refractivity contribution is 5.68. The molecule has 0 radical (unpaired) electrons. The van der Waals surface area contributed by atoms with Crippen molar-refractivity contribution < 1.29 is 19.7 Å². The van der Waals surface area contributed by atoms with E-state index in [9.17, 15) is 9.90 Å². The monoisotopic (exact) mass is 238 g/mol. The summed E-state index contributed by atoms with van der Waals surface area (Å²) < 4.78 is 5.19. The minimum Gasteiger partial charge on any atom is -0.496 e. The van der Waals surface area contributed by atoms with E-state index < -0.39 is 12.1 Å². The highest BCUT2D eigenvalue weighted by atomic mass is 16.5. The van der Waals surface area contributed by atoms with Gasteiger partial charge in [-0.2, -0.15) is 0 Å². The third-order valence-corrected chi connectivity index (χ3v) is 2.65. The predicted octanol–water partition coefficient (Wildman–Crippen LogP) is 2.33. The molecule has 4 heteroatoms. The van der Waals surface area contributed by atoms with Crippen LogP contribution in [0.4, 0.5) is 0 Å². The average Bonchev–Trinajstić information content (AvgIpc) is 2.27. The van der Waals surface area contributed by atoms with Crippen LogP contribution in [0.1, 0.15) is 43.4 Å². The van der Waals surface area contributed by atoms with Gasteiger partial charge in [-0.05, 0) is 17.5 Å². The average molecular weight is 238 g/mol. The first-order valence-electron chi connectivity index (χ1n) is 5.53. The van der Waals surface area contributed by atoms with E-state index in [-0.39, 0.29) is 6.42 Å². The minimum absolute atomic E-state index is 0.322. The second kappa shape index (κ2) is 5.68. The van der Waals surface area contributed by atoms with Gasteiger partial charge in [-0.15, -0.1) is 0 Å². The van der Waals surface area contributed by atoms with Crippen LogP contribution in [0.5, 0.6) is 5.75 Å². The fourth-order valence-electron chi connectivity index (χ4n) is 1.64. The molecule has 0 heterocycles. The molecule has 17 heavy (non-hydrogen) atoms. The molecule has 1 aromatic rings. The standard InChI is InChI=1S/C13H18O4/c1-8(2)9-4-5-10(12(6-9)17-3)11(14)7-13(15)16/h4-6,8,11,14H,7H2,1-3H3,(H,15,16). The first kappa shape index (κ1) is 13.5. The summed E-state index contributed by atoms with van der Waals surface area (Å²) in [4.78, 5) is 10.6. The molecule has 1 unspecified atom stereocenters. The van der Waals surface area contributed by atoms with E-state index in [0.717, 1.165) is 5.56 Å². The second-order valence-corrected chi connectivity index (χ2v) is 4.27. The van der Waals surface area contributed by atoms with Crippen molar-refractivity contribution in [2.24, 2.45) is 0 Å². The van der Waals surface area contributed by atoms with Gasteiger partial charge in [0.05, 0.1) is 19.6 Å². The largest absolute Gasteiger partial charge is 0.496 e. The van der Waals surface area contributed by atoms with Gasteiger partial charge in [-0.3, -0.25) is 4.79 Å². The SMILES string of the molecule is COc1cc(C(C)C)ccc1C(O)CC(=O)O. The summed E-state index contributed by atoms with van der Waals surface area (Å²) in [6, 6.07) is 5.44. The number of carboxylic acids is 1. The Morgan fingerprint density at radius 2 is 2.06 bits per heavy atom. The lowest BCUT2D eigenvalue weighted by Crippen LogP contribution is -2.07. The summed E-state index contributed by atoms with van der Waals surface area (Å²) in [6.45, 7) is 4.12. The Bertz CT molecular complexity index is 398. The fourth-order valence-corrected chi connectivity index (χ4v) is 1.64. The Morgan fingerprint density at radius 1 is 1.41 bits per heavy atom. The number of hydrogen-bond donors (Lipinski definition) is 2. The van der Waals surface area contributed by atoms with Gasteiger partial charge in [-0.25, -0.2) is 0 Å². The van der Waals surface area contributed by atoms with E-state index in [2.05, 4.69) is 13.8 Å². The quantitative estimate of drug-likeness (QED) is 0.826. The van der Waals surface area contributed by atoms with Crippen molar-refractivity contribution in [2.75, 3.05) is 7.11 Å². The van der Waals surface area contributed by atoms with Crippen LogP contribution in [-0.4, -0.2) is 23.3 Å². The summed E-state index contributed by atoms with van der Waals surface area (Å²) in [5.41, 5.74) is 1.60. The van der Waals surface area contributed by atoms with E-state index in [1.807, 2.05) is 12.1 Å². The number of rotatable bonds is 5. The molecule has 0 amide bonds. The van der Waals surface area contributed by atoms with Crippen molar-refractivity contribution in [3.8, 4) is 5.75 Å². The molecule has 0 aliphatic carbocycles. The zero-order valence-electron chi connectivity index (χ0n) is 10.3. The zero-order valence-corrected chi connectivity index (χ0v) is 10.3. The third-order valence-electron chi connectivity index (χ3n) is 2.65. The molecule has 2 N–H and O–H groups in total. The van der Waals surface area contributed by atoms with E-state index >= 15 is 0 Å². The highest BCUT2D eigenvalue weighted by Gasteiger charge is 2.17. The molecule has 0 aromatic heterocycles. The lowest BCUT2D eigenvalue weighted by Gasteiger charge is -2.15. The number of hydrogen-bond acceptors (Lipinski definition) is 3. The van der Waals surface area contributed by atoms with Crippen molar-refractivity contribution in [1.82, 2.24) is 0 Å². The van der Waals surface area contributed by atoms with Crippen molar-refractivity contribution >= 4 is 5.97 Å². The molecule has 0 fully saturated rings. The molecule has 0 aliphatic rings. The minimum atomic E-state index is -1.04. The number of carboxylic acid groups (broad SMARTS) is 1. The van der Waals surface area contributed by atoms with Crippen LogP contribution in [0, 0.1) is 0 Å². The number of methoxy groups -OCH3 is 1. The summed E-state index contributed by atoms with van der Waals surface area (Å²) in [7, 11) is 1.51. The Balaban J connectivity index is 3.03. The summed E-state index contributed by atoms with van der Waals surface area (Å²) in [6.07, 6.45) is -1.36. The summed E-state index contributed by atoms with van der Waals surface area (Å²) >= 11 is 0. The molecule has 0 saturated carbocycles. The third kappa shape index (κ3) is 3.46. The van der Waals surface area contributed by atoms with E-state index in [0.29, 0.717) is 17.2 Å². The molecule has 1 atom stereocenters. The molecule has 1 rings (SSSR count). The lowest BCUT2D eigenvalue weighted by atomic mass is 9.98. The van der Waals surface area contributed by atoms with Gasteiger partial charge in [0.1, 0.15) is 5.75 Å². The Kier molecular flexibility index (Phi) is 4.52. The van der Waals surface area contributed by atoms with Crippen LogP contribution in [0.2, 0.25) is 0 Å². The van der Waals surface area contributed by atoms with Gasteiger partial charge in [0, 0.05) is 5.56 Å². The lowest BCUT2D eigenvalue weighted by molar-refractivity contribution is -0.139. The number of ether oxygens (including phenoxy) is 1. The van der Waals surface area contributed by atoms with Gasteiger partial charge in [0.15, 0.2) is 0 Å². The van der Waals surface area contributed by atoms with Gasteiger partial charge < -0.3 is 14.9 Å². The number of aliphatic hydroxyl groups is 1. The molecular formula is C13H18O4. The van der Waals surface area contributed by atoms with Crippen molar-refractivity contribution in [1.29, 1.82) is 0 Å². The smallest absolute Gasteiger partial charge is 0.306 e. The maximum Gasteiger partial charge on any atom is 0.306 e. The van der Waals surface area contributed by atoms with Crippen LogP contribution in [0.3, 0.4) is 0 Å². The van der Waals surface area contributed by atoms with E-state index in [4.69, 9.17) is 9.84 Å². The summed E-state index contributed by atoms with van der Waals surface area (Å²) in [5.74, 6) is -0.146. The zero-order chi connectivity index (χ0) is 13.0. The number of benzene rings is 1. The predicted molar refractivity (Wildman–Crippen MR) is 64.3 cm³/mol. The van der Waals surface area contributed by atoms with Crippen LogP contribution in [0.15, 0.2) is 18.2 Å². The maximum absolute atomic E-state index is 10.6. The van der Waals surface area contributed by atoms with Crippen molar-refractivity contribution in [2.45, 2.75) is 32.3 Å². The van der Waals surface area contributed by atoms with Gasteiger partial charge in [0.25, 0.3) is 0 Å².